The van der Waals surface area contributed by atoms with Gasteiger partial charge in [-0.1, -0.05) is 0 Å². The first kappa shape index (κ1) is 20.6. The second kappa shape index (κ2) is 10.7. The summed E-state index contributed by atoms with van der Waals surface area (Å²) in [5, 5.41) is 52.2. The number of aliphatic hydroxyl groups is 6. The Morgan fingerprint density at radius 2 is 0.929 bits per heavy atom. The van der Waals surface area contributed by atoms with Crippen LogP contribution in [0.1, 0.15) is 0 Å². The monoisotopic (exact) mass is 284 g/mol. The van der Waals surface area contributed by atoms with E-state index in [1.807, 2.05) is 0 Å². The topological polar surface area (TPSA) is 121 Å². The van der Waals surface area contributed by atoms with Crippen molar-refractivity contribution >= 4 is 0 Å². The van der Waals surface area contributed by atoms with Gasteiger partial charge in [-0.3, -0.25) is 0 Å². The van der Waals surface area contributed by atoms with E-state index in [1.165, 1.54) is 0 Å². The maximum Gasteiger partial charge on any atom is 1.00 e. The molecule has 0 aliphatic rings. The summed E-state index contributed by atoms with van der Waals surface area (Å²) in [6.07, 6.45) is -6.39. The number of rotatable bonds is 5. The first-order chi connectivity index (χ1) is 5.54. The molecule has 0 aromatic rings. The Morgan fingerprint density at radius 3 is 1.07 bits per heavy atom. The molecule has 82 valence electrons. The van der Waals surface area contributed by atoms with Gasteiger partial charge < -0.3 is 47.6 Å². The quantitative estimate of drug-likeness (QED) is 0.279. The van der Waals surface area contributed by atoms with E-state index < -0.39 is 37.6 Å². The molecule has 14 heavy (non-hydrogen) atoms. The smallest absolute Gasteiger partial charge is 1.00 e. The third kappa shape index (κ3) is 6.67. The number of hydrogen-bond donors (Lipinski definition) is 6. The van der Waals surface area contributed by atoms with Crippen LogP contribution in [0.2, 0.25) is 0 Å². The van der Waals surface area contributed by atoms with Crippen molar-refractivity contribution < 1.29 is 77.2 Å². The third-order valence-electron chi connectivity index (χ3n) is 1.51. The van der Waals surface area contributed by atoms with Crippen LogP contribution in [0.5, 0.6) is 0 Å². The van der Waals surface area contributed by atoms with Gasteiger partial charge in [-0.05, 0) is 0 Å². The van der Waals surface area contributed by atoms with Crippen molar-refractivity contribution in [3.63, 3.8) is 0 Å². The SMILES string of the molecule is OC[C@@H](O)[C@@H](O)[C@H](O)[C@H](O)CO.[Br-].[Na+]. The van der Waals surface area contributed by atoms with E-state index in [1.54, 1.807) is 0 Å². The van der Waals surface area contributed by atoms with E-state index in [-0.39, 0.29) is 46.5 Å². The molecule has 6 nitrogen and oxygen atoms in total. The molecular weight excluding hydrogens is 271 g/mol. The molecule has 0 saturated carbocycles. The summed E-state index contributed by atoms with van der Waals surface area (Å²) >= 11 is 0. The van der Waals surface area contributed by atoms with Gasteiger partial charge in [-0.15, -0.1) is 0 Å². The fourth-order valence-electron chi connectivity index (χ4n) is 0.671. The summed E-state index contributed by atoms with van der Waals surface area (Å²) in [4.78, 5) is 0. The number of hydrogen-bond acceptors (Lipinski definition) is 6. The van der Waals surface area contributed by atoms with Crippen LogP contribution in [0, 0.1) is 0 Å². The average Bonchev–Trinajstić information content (AvgIpc) is 2.12. The molecule has 0 heterocycles. The predicted octanol–water partition coefficient (Wildman–Crippen LogP) is -9.58. The minimum Gasteiger partial charge on any atom is -1.00 e. The maximum absolute atomic E-state index is 8.96. The molecule has 0 amide bonds. The molecule has 0 rings (SSSR count). The normalized spacial score (nSPS) is 18.4. The Bertz CT molecular complexity index is 115. The molecule has 8 heteroatoms. The molecule has 0 radical (unpaired) electrons. The molecule has 0 aromatic heterocycles. The van der Waals surface area contributed by atoms with Crippen molar-refractivity contribution in [1.82, 2.24) is 0 Å². The molecule has 0 spiro atoms. The Morgan fingerprint density at radius 1 is 0.714 bits per heavy atom. The van der Waals surface area contributed by atoms with Crippen molar-refractivity contribution in [1.29, 1.82) is 0 Å². The van der Waals surface area contributed by atoms with Crippen LogP contribution in [0.3, 0.4) is 0 Å². The van der Waals surface area contributed by atoms with Gasteiger partial charge in [0.25, 0.3) is 0 Å². The molecule has 0 saturated heterocycles. The Hall–Kier alpha value is 1.24. The molecule has 0 aliphatic heterocycles. The molecule has 4 atom stereocenters. The second-order valence-corrected chi connectivity index (χ2v) is 2.48. The van der Waals surface area contributed by atoms with E-state index in [2.05, 4.69) is 0 Å². The van der Waals surface area contributed by atoms with Crippen molar-refractivity contribution in [2.75, 3.05) is 13.2 Å². The summed E-state index contributed by atoms with van der Waals surface area (Å²) < 4.78 is 0. The van der Waals surface area contributed by atoms with Crippen LogP contribution in [-0.4, -0.2) is 68.3 Å². The molecule has 0 aromatic carbocycles. The molecule has 6 N–H and O–H groups in total. The van der Waals surface area contributed by atoms with Gasteiger partial charge in [0.2, 0.25) is 0 Å². The molecule has 0 aliphatic carbocycles. The van der Waals surface area contributed by atoms with Gasteiger partial charge in [0, 0.05) is 0 Å². The van der Waals surface area contributed by atoms with Crippen molar-refractivity contribution in [2.24, 2.45) is 0 Å². The fraction of sp³-hybridized carbons (Fsp3) is 1.00. The van der Waals surface area contributed by atoms with Gasteiger partial charge in [-0.2, -0.15) is 0 Å². The summed E-state index contributed by atoms with van der Waals surface area (Å²) in [6, 6.07) is 0. The van der Waals surface area contributed by atoms with E-state index in [4.69, 9.17) is 30.6 Å². The summed E-state index contributed by atoms with van der Waals surface area (Å²) in [5.41, 5.74) is 0. The zero-order valence-electron chi connectivity index (χ0n) is 7.78. The average molecular weight is 285 g/mol. The summed E-state index contributed by atoms with van der Waals surface area (Å²) in [6.45, 7) is -1.45. The van der Waals surface area contributed by atoms with Crippen LogP contribution < -0.4 is 46.5 Å². The van der Waals surface area contributed by atoms with E-state index in [9.17, 15) is 0 Å². The van der Waals surface area contributed by atoms with Crippen molar-refractivity contribution in [2.45, 2.75) is 24.4 Å². The van der Waals surface area contributed by atoms with Crippen LogP contribution in [0.25, 0.3) is 0 Å². The molecule has 0 bridgehead atoms. The third-order valence-corrected chi connectivity index (χ3v) is 1.51. The molecule has 0 fully saturated rings. The Balaban J connectivity index is -0.000000605. The van der Waals surface area contributed by atoms with E-state index >= 15 is 0 Å². The summed E-state index contributed by atoms with van der Waals surface area (Å²) in [5.74, 6) is 0. The minimum absolute atomic E-state index is 0. The fourth-order valence-corrected chi connectivity index (χ4v) is 0.671. The number of halogens is 1. The Labute approximate surface area is 114 Å². The van der Waals surface area contributed by atoms with Gasteiger partial charge in [0.1, 0.15) is 24.4 Å². The Kier molecular flexibility index (Phi) is 15.8. The van der Waals surface area contributed by atoms with Gasteiger partial charge in [0.15, 0.2) is 0 Å². The van der Waals surface area contributed by atoms with Crippen LogP contribution in [0.15, 0.2) is 0 Å². The predicted molar refractivity (Wildman–Crippen MR) is 38.2 cm³/mol. The van der Waals surface area contributed by atoms with Gasteiger partial charge in [0.05, 0.1) is 13.2 Å². The maximum atomic E-state index is 8.96. The number of aliphatic hydroxyl groups excluding tert-OH is 6. The van der Waals surface area contributed by atoms with Crippen molar-refractivity contribution in [3.05, 3.63) is 0 Å². The molecule has 0 unspecified atom stereocenters. The second-order valence-electron chi connectivity index (χ2n) is 2.48. The van der Waals surface area contributed by atoms with Gasteiger partial charge >= 0.3 is 29.6 Å². The molecular formula is C6H14BrNaO6. The zero-order valence-corrected chi connectivity index (χ0v) is 11.4. The largest absolute Gasteiger partial charge is 1.00 e. The van der Waals surface area contributed by atoms with Crippen LogP contribution >= 0.6 is 0 Å². The van der Waals surface area contributed by atoms with Crippen molar-refractivity contribution in [3.8, 4) is 0 Å². The van der Waals surface area contributed by atoms with Crippen LogP contribution in [0.4, 0.5) is 0 Å². The van der Waals surface area contributed by atoms with Crippen LogP contribution in [-0.2, 0) is 0 Å². The van der Waals surface area contributed by atoms with E-state index in [0.29, 0.717) is 0 Å². The summed E-state index contributed by atoms with van der Waals surface area (Å²) in [7, 11) is 0. The standard InChI is InChI=1S/C6H14O6.BrH.Na/c7-1-3(9)5(11)6(12)4(10)2-8;;/h3-12H,1-2H2;1H;/q;;+1/p-1/t3-,4-,5-,6-;;/m1../s1. The van der Waals surface area contributed by atoms with Gasteiger partial charge in [-0.25, -0.2) is 0 Å². The first-order valence-corrected chi connectivity index (χ1v) is 3.48. The van der Waals surface area contributed by atoms with E-state index in [0.717, 1.165) is 0 Å². The first-order valence-electron chi connectivity index (χ1n) is 3.48. The zero-order chi connectivity index (χ0) is 9.72. The minimum atomic E-state index is -1.67.